The number of amides is 1. The summed E-state index contributed by atoms with van der Waals surface area (Å²) in [5.74, 6) is -7.49. The van der Waals surface area contributed by atoms with Crippen LogP contribution in [0.3, 0.4) is 0 Å². The summed E-state index contributed by atoms with van der Waals surface area (Å²) in [6.45, 7) is 1.58. The van der Waals surface area contributed by atoms with E-state index in [1.807, 2.05) is 5.32 Å². The van der Waals surface area contributed by atoms with E-state index in [2.05, 4.69) is 0 Å². The van der Waals surface area contributed by atoms with Crippen LogP contribution in [-0.4, -0.2) is 5.91 Å². The Balaban J connectivity index is 2.43. The molecule has 0 saturated heterocycles. The van der Waals surface area contributed by atoms with Gasteiger partial charge in [0, 0.05) is 17.3 Å². The molecule has 21 heavy (non-hydrogen) atoms. The van der Waals surface area contributed by atoms with Gasteiger partial charge >= 0.3 is 0 Å². The van der Waals surface area contributed by atoms with Gasteiger partial charge in [0.25, 0.3) is 5.91 Å². The number of hydrogen-bond acceptors (Lipinski definition) is 2. The normalized spacial score (nSPS) is 10.5. The van der Waals surface area contributed by atoms with Gasteiger partial charge in [-0.15, -0.1) is 0 Å². The Morgan fingerprint density at radius 2 is 1.62 bits per heavy atom. The van der Waals surface area contributed by atoms with Gasteiger partial charge in [-0.3, -0.25) is 4.79 Å². The molecule has 0 aliphatic rings. The first-order valence-corrected chi connectivity index (χ1v) is 5.81. The molecule has 0 atom stereocenters. The van der Waals surface area contributed by atoms with E-state index >= 15 is 0 Å². The summed E-state index contributed by atoms with van der Waals surface area (Å²) < 4.78 is 53.1. The Hall–Kier alpha value is -2.57. The SMILES string of the molecule is Cc1ccc(N)cc1C(=O)Nc1c(F)c(F)cc(F)c1F. The van der Waals surface area contributed by atoms with Gasteiger partial charge < -0.3 is 11.1 Å². The minimum absolute atomic E-state index is 0.0402. The van der Waals surface area contributed by atoms with Crippen LogP contribution >= 0.6 is 0 Å². The molecule has 0 aliphatic heterocycles. The van der Waals surface area contributed by atoms with Gasteiger partial charge in [-0.25, -0.2) is 17.6 Å². The van der Waals surface area contributed by atoms with Crippen molar-refractivity contribution in [1.29, 1.82) is 0 Å². The first-order chi connectivity index (χ1) is 9.81. The maximum Gasteiger partial charge on any atom is 0.256 e. The fourth-order valence-corrected chi connectivity index (χ4v) is 1.75. The summed E-state index contributed by atoms with van der Waals surface area (Å²) in [5, 5.41) is 1.82. The van der Waals surface area contributed by atoms with Crippen LogP contribution in [0.1, 0.15) is 15.9 Å². The molecule has 3 N–H and O–H groups in total. The third kappa shape index (κ3) is 2.81. The molecular formula is C14H10F4N2O. The highest BCUT2D eigenvalue weighted by Crippen LogP contribution is 2.25. The van der Waals surface area contributed by atoms with E-state index in [-0.39, 0.29) is 17.3 Å². The largest absolute Gasteiger partial charge is 0.399 e. The molecule has 7 heteroatoms. The van der Waals surface area contributed by atoms with Crippen molar-refractivity contribution < 1.29 is 22.4 Å². The average Bonchev–Trinajstić information content (AvgIpc) is 2.43. The lowest BCUT2D eigenvalue weighted by Crippen LogP contribution is -2.17. The summed E-state index contributed by atoms with van der Waals surface area (Å²) in [7, 11) is 0. The van der Waals surface area contributed by atoms with Gasteiger partial charge in [0.2, 0.25) is 0 Å². The molecule has 0 radical (unpaired) electrons. The predicted molar refractivity (Wildman–Crippen MR) is 69.8 cm³/mol. The number of carbonyl (C=O) groups excluding carboxylic acids is 1. The number of nitrogen functional groups attached to an aromatic ring is 1. The van der Waals surface area contributed by atoms with Crippen LogP contribution in [0.2, 0.25) is 0 Å². The summed E-state index contributed by atoms with van der Waals surface area (Å²) in [6.07, 6.45) is 0. The molecule has 0 aromatic heterocycles. The number of aryl methyl sites for hydroxylation is 1. The zero-order valence-electron chi connectivity index (χ0n) is 10.8. The van der Waals surface area contributed by atoms with E-state index in [0.717, 1.165) is 0 Å². The fraction of sp³-hybridized carbons (Fsp3) is 0.0714. The quantitative estimate of drug-likeness (QED) is 0.507. The van der Waals surface area contributed by atoms with Crippen molar-refractivity contribution in [1.82, 2.24) is 0 Å². The van der Waals surface area contributed by atoms with Crippen molar-refractivity contribution >= 4 is 17.3 Å². The zero-order valence-corrected chi connectivity index (χ0v) is 10.8. The van der Waals surface area contributed by atoms with Crippen molar-refractivity contribution in [3.63, 3.8) is 0 Å². The topological polar surface area (TPSA) is 55.1 Å². The van der Waals surface area contributed by atoms with E-state index in [1.165, 1.54) is 18.2 Å². The number of halogens is 4. The Morgan fingerprint density at radius 1 is 1.05 bits per heavy atom. The molecule has 2 rings (SSSR count). The molecule has 3 nitrogen and oxygen atoms in total. The van der Waals surface area contributed by atoms with Gasteiger partial charge in [0.05, 0.1) is 0 Å². The highest BCUT2D eigenvalue weighted by molar-refractivity contribution is 6.05. The van der Waals surface area contributed by atoms with Crippen molar-refractivity contribution in [2.45, 2.75) is 6.92 Å². The fourth-order valence-electron chi connectivity index (χ4n) is 1.75. The molecule has 2 aromatic rings. The number of rotatable bonds is 2. The lowest BCUT2D eigenvalue weighted by molar-refractivity contribution is 0.102. The molecule has 0 unspecified atom stereocenters. The number of nitrogens with one attached hydrogen (secondary N) is 1. The minimum atomic E-state index is -1.68. The lowest BCUT2D eigenvalue weighted by Gasteiger charge is -2.11. The van der Waals surface area contributed by atoms with Gasteiger partial charge in [-0.2, -0.15) is 0 Å². The first-order valence-electron chi connectivity index (χ1n) is 5.81. The number of nitrogens with two attached hydrogens (primary N) is 1. The van der Waals surface area contributed by atoms with Crippen molar-refractivity contribution in [2.24, 2.45) is 0 Å². The Labute approximate surface area is 117 Å². The summed E-state index contributed by atoms with van der Waals surface area (Å²) in [6, 6.07) is 4.42. The van der Waals surface area contributed by atoms with Crippen LogP contribution in [-0.2, 0) is 0 Å². The van der Waals surface area contributed by atoms with Gasteiger partial charge in [-0.05, 0) is 24.6 Å². The van der Waals surface area contributed by atoms with Gasteiger partial charge in [0.1, 0.15) is 5.69 Å². The second-order valence-corrected chi connectivity index (χ2v) is 4.37. The summed E-state index contributed by atoms with van der Waals surface area (Å²) >= 11 is 0. The Bertz CT molecular complexity index is 705. The van der Waals surface area contributed by atoms with Crippen molar-refractivity contribution in [3.05, 3.63) is 58.7 Å². The monoisotopic (exact) mass is 298 g/mol. The van der Waals surface area contributed by atoms with E-state index in [9.17, 15) is 22.4 Å². The third-order valence-corrected chi connectivity index (χ3v) is 2.86. The molecule has 110 valence electrons. The van der Waals surface area contributed by atoms with Crippen LogP contribution in [0.25, 0.3) is 0 Å². The second kappa shape index (κ2) is 5.43. The summed E-state index contributed by atoms with van der Waals surface area (Å²) in [4.78, 5) is 12.0. The van der Waals surface area contributed by atoms with Crippen LogP contribution in [0.4, 0.5) is 28.9 Å². The van der Waals surface area contributed by atoms with E-state index < -0.39 is 34.9 Å². The zero-order chi connectivity index (χ0) is 15.7. The minimum Gasteiger partial charge on any atom is -0.399 e. The molecule has 0 saturated carbocycles. The van der Waals surface area contributed by atoms with Crippen LogP contribution < -0.4 is 11.1 Å². The highest BCUT2D eigenvalue weighted by Gasteiger charge is 2.22. The molecule has 0 spiro atoms. The van der Waals surface area contributed by atoms with E-state index in [0.29, 0.717) is 5.56 Å². The Morgan fingerprint density at radius 3 is 2.19 bits per heavy atom. The molecular weight excluding hydrogens is 288 g/mol. The Kier molecular flexibility index (Phi) is 3.84. The smallest absolute Gasteiger partial charge is 0.256 e. The molecule has 0 aliphatic carbocycles. The highest BCUT2D eigenvalue weighted by atomic mass is 19.2. The van der Waals surface area contributed by atoms with Gasteiger partial charge in [-0.1, -0.05) is 6.07 Å². The molecule has 0 fully saturated rings. The number of carbonyl (C=O) groups is 1. The molecule has 0 heterocycles. The van der Waals surface area contributed by atoms with Crippen LogP contribution in [0, 0.1) is 30.2 Å². The van der Waals surface area contributed by atoms with Crippen LogP contribution in [0.5, 0.6) is 0 Å². The number of benzene rings is 2. The van der Waals surface area contributed by atoms with E-state index in [1.54, 1.807) is 6.92 Å². The molecule has 0 bridgehead atoms. The molecule has 2 aromatic carbocycles. The average molecular weight is 298 g/mol. The number of anilines is 2. The van der Waals surface area contributed by atoms with Gasteiger partial charge in [0.15, 0.2) is 23.3 Å². The first kappa shape index (κ1) is 14.8. The van der Waals surface area contributed by atoms with Crippen molar-refractivity contribution in [2.75, 3.05) is 11.1 Å². The standard InChI is InChI=1S/C14H10F4N2O/c1-6-2-3-7(19)4-8(6)14(21)20-13-11(17)9(15)5-10(16)12(13)18/h2-5H,19H2,1H3,(H,20,21). The summed E-state index contributed by atoms with van der Waals surface area (Å²) in [5.41, 5.74) is 5.12. The van der Waals surface area contributed by atoms with Crippen LogP contribution in [0.15, 0.2) is 24.3 Å². The van der Waals surface area contributed by atoms with Crippen molar-refractivity contribution in [3.8, 4) is 0 Å². The maximum absolute atomic E-state index is 13.5. The number of hydrogen-bond donors (Lipinski definition) is 2. The second-order valence-electron chi connectivity index (χ2n) is 4.37. The third-order valence-electron chi connectivity index (χ3n) is 2.86. The molecule has 1 amide bonds. The lowest BCUT2D eigenvalue weighted by atomic mass is 10.1. The van der Waals surface area contributed by atoms with E-state index in [4.69, 9.17) is 5.73 Å². The predicted octanol–water partition coefficient (Wildman–Crippen LogP) is 3.39. The maximum atomic E-state index is 13.5.